The van der Waals surface area contributed by atoms with Crippen LogP contribution in [-0.4, -0.2) is 68.9 Å². The zero-order valence-corrected chi connectivity index (χ0v) is 22.8. The second-order valence-corrected chi connectivity index (χ2v) is 13.3. The zero-order chi connectivity index (χ0) is 26.1. The van der Waals surface area contributed by atoms with Crippen LogP contribution in [0.5, 0.6) is 0 Å². The maximum absolute atomic E-state index is 11.3. The van der Waals surface area contributed by atoms with Crippen LogP contribution in [0.1, 0.15) is 57.7 Å². The van der Waals surface area contributed by atoms with Gasteiger partial charge in [-0.3, -0.25) is 5.10 Å². The Morgan fingerprint density at radius 3 is 2.68 bits per heavy atom. The minimum atomic E-state index is -0.906. The second-order valence-electron chi connectivity index (χ2n) is 13.3. The van der Waals surface area contributed by atoms with E-state index >= 15 is 0 Å². The Bertz CT molecular complexity index is 1420. The van der Waals surface area contributed by atoms with Crippen LogP contribution in [0.25, 0.3) is 16.5 Å². The van der Waals surface area contributed by atoms with Gasteiger partial charge in [0.25, 0.3) is 0 Å². The van der Waals surface area contributed by atoms with Crippen LogP contribution in [0.4, 0.5) is 0 Å². The molecule has 1 saturated heterocycles. The summed E-state index contributed by atoms with van der Waals surface area (Å²) < 4.78 is 7.33. The Balaban J connectivity index is 1.37. The number of nitrogens with one attached hydrogen (secondary N) is 1. The monoisotopic (exact) mass is 501 g/mol. The molecule has 2 bridgehead atoms. The van der Waals surface area contributed by atoms with Crippen molar-refractivity contribution in [2.24, 2.45) is 16.7 Å². The summed E-state index contributed by atoms with van der Waals surface area (Å²) in [6.45, 7) is 9.23. The molecule has 6 nitrogen and oxygen atoms in total. The molecule has 2 aromatic rings. The number of aliphatic hydroxyl groups excluding tert-OH is 2. The van der Waals surface area contributed by atoms with Gasteiger partial charge in [0, 0.05) is 28.5 Å². The molecule has 2 spiro atoms. The van der Waals surface area contributed by atoms with Gasteiger partial charge in [0.15, 0.2) is 0 Å². The van der Waals surface area contributed by atoms with Crippen LogP contribution < -0.4 is 0 Å². The number of aromatic amines is 1. The molecular formula is C31H39N3O3. The van der Waals surface area contributed by atoms with Gasteiger partial charge in [-0.2, -0.15) is 5.10 Å². The van der Waals surface area contributed by atoms with Gasteiger partial charge in [0.05, 0.1) is 22.8 Å². The van der Waals surface area contributed by atoms with E-state index in [-0.39, 0.29) is 22.5 Å². The van der Waals surface area contributed by atoms with Crippen molar-refractivity contribution >= 4 is 16.5 Å². The summed E-state index contributed by atoms with van der Waals surface area (Å²) in [5.41, 5.74) is 5.72. The molecule has 0 amide bonds. The Labute approximate surface area is 219 Å². The fraction of sp³-hybridized carbons (Fsp3) is 0.581. The summed E-state index contributed by atoms with van der Waals surface area (Å²) in [5, 5.41) is 31.0. The quantitative estimate of drug-likeness (QED) is 0.563. The summed E-state index contributed by atoms with van der Waals surface area (Å²) in [5.74, 6) is 0.296. The number of fused-ring (bicyclic) bond motifs is 2. The van der Waals surface area contributed by atoms with Crippen LogP contribution in [0.2, 0.25) is 0 Å². The van der Waals surface area contributed by atoms with Crippen molar-refractivity contribution in [1.29, 1.82) is 0 Å². The first-order valence-electron chi connectivity index (χ1n) is 13.8. The Morgan fingerprint density at radius 1 is 1.14 bits per heavy atom. The molecular weight excluding hydrogens is 462 g/mol. The van der Waals surface area contributed by atoms with Gasteiger partial charge >= 0.3 is 0 Å². The number of allylic oxidation sites excluding steroid dienone is 3. The molecule has 196 valence electrons. The molecule has 37 heavy (non-hydrogen) atoms. The number of aryl methyl sites for hydroxylation is 1. The first-order valence-corrected chi connectivity index (χ1v) is 13.8. The Hall–Kier alpha value is -2.25. The van der Waals surface area contributed by atoms with Crippen molar-refractivity contribution in [3.63, 3.8) is 0 Å². The van der Waals surface area contributed by atoms with Gasteiger partial charge in [-0.15, -0.1) is 0 Å². The Morgan fingerprint density at radius 2 is 1.92 bits per heavy atom. The first kappa shape index (κ1) is 23.8. The van der Waals surface area contributed by atoms with Crippen molar-refractivity contribution < 1.29 is 14.9 Å². The summed E-state index contributed by atoms with van der Waals surface area (Å²) in [7, 11) is 3.97. The predicted molar refractivity (Wildman–Crippen MR) is 145 cm³/mol. The smallest absolute Gasteiger partial charge is 0.105 e. The van der Waals surface area contributed by atoms with Crippen LogP contribution >= 0.6 is 0 Å². The molecule has 3 N–H and O–H groups in total. The average Bonchev–Trinajstić information content (AvgIpc) is 3.51. The highest BCUT2D eigenvalue weighted by molar-refractivity contribution is 5.87. The highest BCUT2D eigenvalue weighted by Gasteiger charge is 2.70. The lowest BCUT2D eigenvalue weighted by molar-refractivity contribution is -0.170. The number of nitrogens with zero attached hydrogens (tertiary/aromatic N) is 2. The van der Waals surface area contributed by atoms with E-state index in [9.17, 15) is 10.2 Å². The standard InChI is InChI=1S/C31H39N3O3/c1-17-20-13-18(7-9-23(20)33-32-17)21-8-10-25-29(21,4)28(2,3)15-19-14-22-26(35)27(36)24(34(5)6)16-30(22)11-12-31(19,25)37-30/h7-9,13-15,24-27,35-36H,10-12,16H2,1-6H3,(H,32,33). The van der Waals surface area contributed by atoms with Crippen LogP contribution in [-0.2, 0) is 4.74 Å². The number of benzene rings is 1. The van der Waals surface area contributed by atoms with Crippen LogP contribution in [0.15, 0.2) is 47.6 Å². The van der Waals surface area contributed by atoms with E-state index in [0.717, 1.165) is 36.0 Å². The molecule has 0 radical (unpaired) electrons. The lowest BCUT2D eigenvalue weighted by Gasteiger charge is -2.60. The number of rotatable bonds is 2. The molecule has 2 aliphatic heterocycles. The highest BCUT2D eigenvalue weighted by Crippen LogP contribution is 2.71. The minimum Gasteiger partial charge on any atom is -0.388 e. The number of H-pyrrole nitrogens is 1. The molecule has 1 aromatic carbocycles. The lowest BCUT2D eigenvalue weighted by atomic mass is 9.49. The third-order valence-electron chi connectivity index (χ3n) is 11.1. The molecule has 1 aromatic heterocycles. The van der Waals surface area contributed by atoms with Gasteiger partial charge in [-0.25, -0.2) is 0 Å². The first-order chi connectivity index (χ1) is 17.4. The fourth-order valence-corrected chi connectivity index (χ4v) is 8.82. The topological polar surface area (TPSA) is 81.6 Å². The van der Waals surface area contributed by atoms with Gasteiger partial charge in [-0.1, -0.05) is 45.1 Å². The molecule has 7 unspecified atom stereocenters. The fourth-order valence-electron chi connectivity index (χ4n) is 8.82. The van der Waals surface area contributed by atoms with E-state index in [2.05, 4.69) is 74.3 Å². The number of hydrogen-bond acceptors (Lipinski definition) is 5. The van der Waals surface area contributed by atoms with Crippen molar-refractivity contribution in [3.05, 3.63) is 58.8 Å². The molecule has 5 aliphatic rings. The summed E-state index contributed by atoms with van der Waals surface area (Å²) in [4.78, 5) is 2.04. The third-order valence-corrected chi connectivity index (χ3v) is 11.1. The molecule has 2 fully saturated rings. The van der Waals surface area contributed by atoms with Crippen LogP contribution in [0.3, 0.4) is 0 Å². The Kier molecular flexibility index (Phi) is 4.66. The van der Waals surface area contributed by atoms with E-state index in [0.29, 0.717) is 12.3 Å². The molecule has 7 rings (SSSR count). The van der Waals surface area contributed by atoms with Crippen molar-refractivity contribution in [1.82, 2.24) is 15.1 Å². The second kappa shape index (κ2) is 7.23. The van der Waals surface area contributed by atoms with Gasteiger partial charge in [0.1, 0.15) is 6.10 Å². The summed E-state index contributed by atoms with van der Waals surface area (Å²) in [6.07, 6.45) is 8.89. The van der Waals surface area contributed by atoms with Crippen molar-refractivity contribution in [2.75, 3.05) is 14.1 Å². The number of hydrogen-bond donors (Lipinski definition) is 3. The van der Waals surface area contributed by atoms with Gasteiger partial charge < -0.3 is 19.8 Å². The van der Waals surface area contributed by atoms with E-state index in [1.807, 2.05) is 19.0 Å². The molecule has 6 heteroatoms. The molecule has 1 saturated carbocycles. The highest BCUT2D eigenvalue weighted by atomic mass is 16.5. The third kappa shape index (κ3) is 2.77. The van der Waals surface area contributed by atoms with E-state index < -0.39 is 17.8 Å². The molecule has 3 aliphatic carbocycles. The number of likely N-dealkylation sites (N-methyl/N-ethyl adjacent to an activating group) is 1. The lowest BCUT2D eigenvalue weighted by Crippen LogP contribution is -2.63. The normalized spacial score (nSPS) is 41.7. The maximum atomic E-state index is 11.3. The van der Waals surface area contributed by atoms with Crippen molar-refractivity contribution in [2.45, 2.75) is 82.8 Å². The SMILES string of the molecule is Cc1[nH]nc2ccc(C3=CCC4C56CCC7(CC(N(C)C)C(O)C(O)C7=CC5=CC(C)(C)C34C)O6)cc12. The molecule has 3 heterocycles. The van der Waals surface area contributed by atoms with Gasteiger partial charge in [0.2, 0.25) is 0 Å². The molecule has 7 atom stereocenters. The van der Waals surface area contributed by atoms with E-state index in [1.54, 1.807) is 0 Å². The van der Waals surface area contributed by atoms with Crippen molar-refractivity contribution in [3.8, 4) is 0 Å². The van der Waals surface area contributed by atoms with E-state index in [1.165, 1.54) is 22.1 Å². The van der Waals surface area contributed by atoms with Crippen LogP contribution in [0, 0.1) is 23.7 Å². The minimum absolute atomic E-state index is 0.119. The summed E-state index contributed by atoms with van der Waals surface area (Å²) in [6, 6.07) is 6.53. The zero-order valence-electron chi connectivity index (χ0n) is 22.8. The maximum Gasteiger partial charge on any atom is 0.105 e. The van der Waals surface area contributed by atoms with Gasteiger partial charge in [-0.05, 0) is 86.5 Å². The largest absolute Gasteiger partial charge is 0.388 e. The predicted octanol–water partition coefficient (Wildman–Crippen LogP) is 4.53. The number of aliphatic hydroxyl groups is 2. The van der Waals surface area contributed by atoms with E-state index in [4.69, 9.17) is 4.74 Å². The summed E-state index contributed by atoms with van der Waals surface area (Å²) >= 11 is 0. The average molecular weight is 502 g/mol. The number of aromatic nitrogens is 2. The number of ether oxygens (including phenoxy) is 1.